The standard InChI is InChI=1S/C11H13ClN2O2/c1-6-8(10(13)15)4-3-5-9(6)14-11(16)7(2)12/h3-5,7H,1-2H3,(H2,13,15)(H,14,16). The molecule has 0 fully saturated rings. The molecule has 1 atom stereocenters. The maximum absolute atomic E-state index is 11.4. The van der Waals surface area contributed by atoms with E-state index in [1.165, 1.54) is 0 Å². The van der Waals surface area contributed by atoms with Crippen molar-refractivity contribution in [3.63, 3.8) is 0 Å². The molecule has 0 radical (unpaired) electrons. The molecule has 1 rings (SSSR count). The van der Waals surface area contributed by atoms with Gasteiger partial charge in [0.15, 0.2) is 0 Å². The van der Waals surface area contributed by atoms with Crippen LogP contribution in [0.4, 0.5) is 5.69 Å². The van der Waals surface area contributed by atoms with E-state index < -0.39 is 11.3 Å². The van der Waals surface area contributed by atoms with E-state index in [2.05, 4.69) is 5.32 Å². The number of nitrogens with two attached hydrogens (primary N) is 1. The molecule has 1 unspecified atom stereocenters. The lowest BCUT2D eigenvalue weighted by atomic mass is 10.1. The Labute approximate surface area is 98.8 Å². The van der Waals surface area contributed by atoms with E-state index in [1.54, 1.807) is 32.0 Å². The number of benzene rings is 1. The Hall–Kier alpha value is -1.55. The molecule has 0 aliphatic carbocycles. The minimum atomic E-state index is -0.628. The van der Waals surface area contributed by atoms with E-state index in [1.807, 2.05) is 0 Å². The Morgan fingerprint density at radius 2 is 2.06 bits per heavy atom. The number of alkyl halides is 1. The van der Waals surface area contributed by atoms with Gasteiger partial charge in [0.05, 0.1) is 0 Å². The summed E-state index contributed by atoms with van der Waals surface area (Å²) in [5, 5.41) is 2.00. The second-order valence-corrected chi connectivity index (χ2v) is 4.10. The molecule has 3 N–H and O–H groups in total. The Morgan fingerprint density at radius 3 is 2.56 bits per heavy atom. The second kappa shape index (κ2) is 4.99. The zero-order valence-electron chi connectivity index (χ0n) is 9.08. The average molecular weight is 241 g/mol. The SMILES string of the molecule is Cc1c(NC(=O)C(C)Cl)cccc1C(N)=O. The molecule has 16 heavy (non-hydrogen) atoms. The van der Waals surface area contributed by atoms with Gasteiger partial charge >= 0.3 is 0 Å². The first-order valence-electron chi connectivity index (χ1n) is 4.78. The largest absolute Gasteiger partial charge is 0.366 e. The van der Waals surface area contributed by atoms with Gasteiger partial charge in [-0.1, -0.05) is 6.07 Å². The molecule has 0 aromatic heterocycles. The van der Waals surface area contributed by atoms with Crippen LogP contribution in [0, 0.1) is 6.92 Å². The van der Waals surface area contributed by atoms with Gasteiger partial charge in [-0.25, -0.2) is 0 Å². The van der Waals surface area contributed by atoms with Crippen LogP contribution in [0.3, 0.4) is 0 Å². The van der Waals surface area contributed by atoms with Crippen LogP contribution in [-0.2, 0) is 4.79 Å². The van der Waals surface area contributed by atoms with Gasteiger partial charge in [-0.15, -0.1) is 11.6 Å². The highest BCUT2D eigenvalue weighted by molar-refractivity contribution is 6.32. The van der Waals surface area contributed by atoms with Crippen LogP contribution in [-0.4, -0.2) is 17.2 Å². The number of amides is 2. The number of halogens is 1. The normalized spacial score (nSPS) is 11.9. The zero-order valence-corrected chi connectivity index (χ0v) is 9.84. The number of carbonyl (C=O) groups excluding carboxylic acids is 2. The summed E-state index contributed by atoms with van der Waals surface area (Å²) in [5.74, 6) is -0.834. The number of hydrogen-bond acceptors (Lipinski definition) is 2. The predicted octanol–water partition coefficient (Wildman–Crippen LogP) is 1.66. The maximum atomic E-state index is 11.4. The summed E-state index contributed by atoms with van der Waals surface area (Å²) in [6.45, 7) is 3.29. The third-order valence-corrected chi connectivity index (χ3v) is 2.42. The summed E-state index contributed by atoms with van der Waals surface area (Å²) in [4.78, 5) is 22.5. The zero-order chi connectivity index (χ0) is 12.3. The Bertz CT molecular complexity index is 430. The fourth-order valence-corrected chi connectivity index (χ4v) is 1.32. The van der Waals surface area contributed by atoms with Gasteiger partial charge in [0.25, 0.3) is 0 Å². The molecule has 0 aliphatic rings. The molecule has 4 nitrogen and oxygen atoms in total. The molecule has 0 saturated heterocycles. The summed E-state index contributed by atoms with van der Waals surface area (Å²) in [6.07, 6.45) is 0. The van der Waals surface area contributed by atoms with Crippen LogP contribution in [0.2, 0.25) is 0 Å². The molecule has 86 valence electrons. The molecule has 0 spiro atoms. The molecular formula is C11H13ClN2O2. The monoisotopic (exact) mass is 240 g/mol. The smallest absolute Gasteiger partial charge is 0.249 e. The van der Waals surface area contributed by atoms with E-state index in [0.29, 0.717) is 16.8 Å². The van der Waals surface area contributed by atoms with E-state index in [-0.39, 0.29) is 5.91 Å². The van der Waals surface area contributed by atoms with Crippen molar-refractivity contribution < 1.29 is 9.59 Å². The summed E-state index contributed by atoms with van der Waals surface area (Å²) in [6, 6.07) is 4.96. The number of hydrogen-bond donors (Lipinski definition) is 2. The molecule has 1 aromatic carbocycles. The summed E-state index contributed by atoms with van der Waals surface area (Å²) >= 11 is 5.63. The van der Waals surface area contributed by atoms with Crippen molar-refractivity contribution in [3.8, 4) is 0 Å². The number of carbonyl (C=O) groups is 2. The lowest BCUT2D eigenvalue weighted by molar-refractivity contribution is -0.115. The predicted molar refractivity (Wildman–Crippen MR) is 63.6 cm³/mol. The molecular weight excluding hydrogens is 228 g/mol. The van der Waals surface area contributed by atoms with Gasteiger partial charge in [-0.3, -0.25) is 9.59 Å². The van der Waals surface area contributed by atoms with Crippen LogP contribution >= 0.6 is 11.6 Å². The summed E-state index contributed by atoms with van der Waals surface area (Å²) in [5.41, 5.74) is 6.77. The molecule has 0 aliphatic heterocycles. The third kappa shape index (κ3) is 2.73. The molecule has 5 heteroatoms. The lowest BCUT2D eigenvalue weighted by Crippen LogP contribution is -2.22. The van der Waals surface area contributed by atoms with Crippen LogP contribution in [0.15, 0.2) is 18.2 Å². The number of anilines is 1. The maximum Gasteiger partial charge on any atom is 0.249 e. The highest BCUT2D eigenvalue weighted by Crippen LogP contribution is 2.19. The van der Waals surface area contributed by atoms with E-state index in [0.717, 1.165) is 0 Å². The van der Waals surface area contributed by atoms with E-state index in [9.17, 15) is 9.59 Å². The first kappa shape index (κ1) is 12.5. The van der Waals surface area contributed by atoms with Gasteiger partial charge in [0.2, 0.25) is 11.8 Å². The van der Waals surface area contributed by atoms with Gasteiger partial charge < -0.3 is 11.1 Å². The highest BCUT2D eigenvalue weighted by Gasteiger charge is 2.13. The minimum absolute atomic E-state index is 0.314. The number of primary amides is 1. The minimum Gasteiger partial charge on any atom is -0.366 e. The van der Waals surface area contributed by atoms with Gasteiger partial charge in [-0.05, 0) is 31.5 Å². The average Bonchev–Trinajstić information content (AvgIpc) is 2.20. The fraction of sp³-hybridized carbons (Fsp3) is 0.273. The molecule has 1 aromatic rings. The Morgan fingerprint density at radius 1 is 1.44 bits per heavy atom. The number of nitrogens with one attached hydrogen (secondary N) is 1. The van der Waals surface area contributed by atoms with Crippen molar-refractivity contribution in [2.45, 2.75) is 19.2 Å². The van der Waals surface area contributed by atoms with Crippen molar-refractivity contribution in [3.05, 3.63) is 29.3 Å². The fourth-order valence-electron chi connectivity index (χ4n) is 1.27. The van der Waals surface area contributed by atoms with Crippen molar-refractivity contribution in [2.24, 2.45) is 5.73 Å². The second-order valence-electron chi connectivity index (χ2n) is 3.45. The highest BCUT2D eigenvalue weighted by atomic mass is 35.5. The molecule has 0 bridgehead atoms. The van der Waals surface area contributed by atoms with Crippen LogP contribution in [0.5, 0.6) is 0 Å². The quantitative estimate of drug-likeness (QED) is 0.789. The van der Waals surface area contributed by atoms with E-state index >= 15 is 0 Å². The van der Waals surface area contributed by atoms with Crippen molar-refractivity contribution >= 4 is 29.1 Å². The van der Waals surface area contributed by atoms with Crippen LogP contribution in [0.25, 0.3) is 0 Å². The van der Waals surface area contributed by atoms with Gasteiger partial charge in [0.1, 0.15) is 5.38 Å². The Kier molecular flexibility index (Phi) is 3.90. The van der Waals surface area contributed by atoms with Gasteiger partial charge in [-0.2, -0.15) is 0 Å². The van der Waals surface area contributed by atoms with Gasteiger partial charge in [0, 0.05) is 11.3 Å². The summed E-state index contributed by atoms with van der Waals surface area (Å²) < 4.78 is 0. The molecule has 0 heterocycles. The van der Waals surface area contributed by atoms with Crippen LogP contribution in [0.1, 0.15) is 22.8 Å². The molecule has 2 amide bonds. The van der Waals surface area contributed by atoms with Crippen molar-refractivity contribution in [1.29, 1.82) is 0 Å². The Balaban J connectivity index is 3.02. The lowest BCUT2D eigenvalue weighted by Gasteiger charge is -2.11. The first-order chi connectivity index (χ1) is 7.43. The van der Waals surface area contributed by atoms with Crippen LogP contribution < -0.4 is 11.1 Å². The first-order valence-corrected chi connectivity index (χ1v) is 5.21. The summed E-state index contributed by atoms with van der Waals surface area (Å²) in [7, 11) is 0. The third-order valence-electron chi connectivity index (χ3n) is 2.22. The molecule has 0 saturated carbocycles. The van der Waals surface area contributed by atoms with E-state index in [4.69, 9.17) is 17.3 Å². The number of rotatable bonds is 3. The van der Waals surface area contributed by atoms with Crippen molar-refractivity contribution in [1.82, 2.24) is 0 Å². The topological polar surface area (TPSA) is 72.2 Å². The van der Waals surface area contributed by atoms with Crippen molar-refractivity contribution in [2.75, 3.05) is 5.32 Å².